The molecule has 0 aromatic carbocycles. The first kappa shape index (κ1) is 14.2. The SMILES string of the molecule is Cc1n[nH]nc1C(=O)N[C@H](CC(C)C)c1ncnn1C. The minimum absolute atomic E-state index is 0.203. The smallest absolute Gasteiger partial charge is 0.274 e. The number of aryl methyl sites for hydroxylation is 2. The molecule has 8 heteroatoms. The molecule has 0 aliphatic carbocycles. The van der Waals surface area contributed by atoms with Gasteiger partial charge in [-0.25, -0.2) is 4.98 Å². The maximum Gasteiger partial charge on any atom is 0.274 e. The van der Waals surface area contributed by atoms with Gasteiger partial charge >= 0.3 is 0 Å². The van der Waals surface area contributed by atoms with Crippen LogP contribution in [0.1, 0.15) is 48.3 Å². The molecule has 2 rings (SSSR count). The third kappa shape index (κ3) is 3.01. The van der Waals surface area contributed by atoms with E-state index in [0.717, 1.165) is 12.2 Å². The summed E-state index contributed by atoms with van der Waals surface area (Å²) in [7, 11) is 1.81. The van der Waals surface area contributed by atoms with E-state index in [9.17, 15) is 4.79 Å². The summed E-state index contributed by atoms with van der Waals surface area (Å²) in [5.74, 6) is 0.883. The molecule has 8 nitrogen and oxygen atoms in total. The molecule has 0 fully saturated rings. The maximum absolute atomic E-state index is 12.2. The summed E-state index contributed by atoms with van der Waals surface area (Å²) in [6, 6.07) is -0.203. The van der Waals surface area contributed by atoms with Crippen molar-refractivity contribution in [3.63, 3.8) is 0 Å². The van der Waals surface area contributed by atoms with E-state index in [1.807, 2.05) is 7.05 Å². The molecule has 2 N–H and O–H groups in total. The Morgan fingerprint density at radius 1 is 1.45 bits per heavy atom. The lowest BCUT2D eigenvalue weighted by atomic mass is 10.0. The molecule has 2 heterocycles. The molecule has 0 saturated heterocycles. The lowest BCUT2D eigenvalue weighted by molar-refractivity contribution is 0.0923. The second-order valence-electron chi connectivity index (χ2n) is 5.16. The molecule has 0 bridgehead atoms. The van der Waals surface area contributed by atoms with Gasteiger partial charge in [-0.2, -0.15) is 20.5 Å². The van der Waals surface area contributed by atoms with Crippen molar-refractivity contribution >= 4 is 5.91 Å². The summed E-state index contributed by atoms with van der Waals surface area (Å²) in [6.07, 6.45) is 2.26. The van der Waals surface area contributed by atoms with E-state index < -0.39 is 0 Å². The van der Waals surface area contributed by atoms with E-state index in [4.69, 9.17) is 0 Å². The topological polar surface area (TPSA) is 101 Å². The molecule has 0 saturated carbocycles. The second kappa shape index (κ2) is 5.81. The van der Waals surface area contributed by atoms with E-state index in [1.165, 1.54) is 6.33 Å². The largest absolute Gasteiger partial charge is 0.341 e. The number of H-pyrrole nitrogens is 1. The molecular formula is C12H19N7O. The summed E-state index contributed by atoms with van der Waals surface area (Å²) in [5.41, 5.74) is 0.879. The highest BCUT2D eigenvalue weighted by Crippen LogP contribution is 2.19. The first-order valence-corrected chi connectivity index (χ1v) is 6.51. The normalized spacial score (nSPS) is 12.7. The highest BCUT2D eigenvalue weighted by Gasteiger charge is 2.23. The van der Waals surface area contributed by atoms with Crippen molar-refractivity contribution in [2.75, 3.05) is 0 Å². The lowest BCUT2D eigenvalue weighted by Crippen LogP contribution is -2.32. The van der Waals surface area contributed by atoms with Crippen LogP contribution in [0.4, 0.5) is 0 Å². The van der Waals surface area contributed by atoms with E-state index in [-0.39, 0.29) is 11.9 Å². The Hall–Kier alpha value is -2.25. The number of aromatic nitrogens is 6. The third-order valence-electron chi connectivity index (χ3n) is 3.01. The summed E-state index contributed by atoms with van der Waals surface area (Å²) in [6.45, 7) is 5.92. The van der Waals surface area contributed by atoms with Crippen LogP contribution >= 0.6 is 0 Å². The Morgan fingerprint density at radius 3 is 2.70 bits per heavy atom. The summed E-state index contributed by atoms with van der Waals surface area (Å²) in [4.78, 5) is 16.5. The van der Waals surface area contributed by atoms with Crippen LogP contribution < -0.4 is 5.32 Å². The predicted molar refractivity (Wildman–Crippen MR) is 71.8 cm³/mol. The fourth-order valence-corrected chi connectivity index (χ4v) is 2.05. The molecule has 0 aliphatic rings. The van der Waals surface area contributed by atoms with Gasteiger partial charge in [0.1, 0.15) is 12.2 Å². The monoisotopic (exact) mass is 277 g/mol. The van der Waals surface area contributed by atoms with Crippen LogP contribution in [0, 0.1) is 12.8 Å². The van der Waals surface area contributed by atoms with Crippen molar-refractivity contribution in [3.8, 4) is 0 Å². The minimum Gasteiger partial charge on any atom is -0.341 e. The van der Waals surface area contributed by atoms with Gasteiger partial charge in [0.05, 0.1) is 11.7 Å². The highest BCUT2D eigenvalue weighted by molar-refractivity contribution is 5.93. The number of hydrogen-bond donors (Lipinski definition) is 2. The van der Waals surface area contributed by atoms with Gasteiger partial charge in [-0.3, -0.25) is 9.48 Å². The summed E-state index contributed by atoms with van der Waals surface area (Å²) < 4.78 is 1.67. The number of carbonyl (C=O) groups excluding carboxylic acids is 1. The molecule has 0 spiro atoms. The number of nitrogens with zero attached hydrogens (tertiary/aromatic N) is 5. The number of hydrogen-bond acceptors (Lipinski definition) is 5. The predicted octanol–water partition coefficient (Wildman–Crippen LogP) is 0.759. The molecule has 2 aromatic rings. The average molecular weight is 277 g/mol. The Bertz CT molecular complexity index is 586. The molecule has 108 valence electrons. The Labute approximate surface area is 117 Å². The van der Waals surface area contributed by atoms with Gasteiger partial charge in [0.25, 0.3) is 5.91 Å². The number of amides is 1. The molecule has 0 unspecified atom stereocenters. The van der Waals surface area contributed by atoms with Gasteiger partial charge in [0.15, 0.2) is 5.69 Å². The van der Waals surface area contributed by atoms with Gasteiger partial charge in [-0.15, -0.1) is 0 Å². The van der Waals surface area contributed by atoms with Crippen molar-refractivity contribution < 1.29 is 4.79 Å². The van der Waals surface area contributed by atoms with Crippen LogP contribution in [0.2, 0.25) is 0 Å². The molecule has 1 amide bonds. The Kier molecular flexibility index (Phi) is 4.11. The van der Waals surface area contributed by atoms with Crippen molar-refractivity contribution in [1.82, 2.24) is 35.5 Å². The third-order valence-corrected chi connectivity index (χ3v) is 3.01. The van der Waals surface area contributed by atoms with E-state index in [1.54, 1.807) is 11.6 Å². The first-order valence-electron chi connectivity index (χ1n) is 6.51. The minimum atomic E-state index is -0.259. The van der Waals surface area contributed by atoms with Crippen LogP contribution in [-0.4, -0.2) is 36.1 Å². The zero-order chi connectivity index (χ0) is 14.7. The molecule has 0 aliphatic heterocycles. The number of aromatic amines is 1. The maximum atomic E-state index is 12.2. The fourth-order valence-electron chi connectivity index (χ4n) is 2.05. The average Bonchev–Trinajstić information content (AvgIpc) is 2.96. The quantitative estimate of drug-likeness (QED) is 0.840. The Balaban J connectivity index is 2.19. The zero-order valence-corrected chi connectivity index (χ0v) is 12.1. The molecule has 0 radical (unpaired) electrons. The van der Waals surface area contributed by atoms with E-state index in [2.05, 4.69) is 44.7 Å². The van der Waals surface area contributed by atoms with Crippen LogP contribution in [0.15, 0.2) is 6.33 Å². The highest BCUT2D eigenvalue weighted by atomic mass is 16.2. The summed E-state index contributed by atoms with van der Waals surface area (Å²) in [5, 5.41) is 17.2. The van der Waals surface area contributed by atoms with Crippen LogP contribution in [-0.2, 0) is 7.05 Å². The zero-order valence-electron chi connectivity index (χ0n) is 12.1. The Morgan fingerprint density at radius 2 is 2.20 bits per heavy atom. The molecular weight excluding hydrogens is 258 g/mol. The number of rotatable bonds is 5. The van der Waals surface area contributed by atoms with Gasteiger partial charge in [0, 0.05) is 7.05 Å². The van der Waals surface area contributed by atoms with Gasteiger partial charge in [-0.1, -0.05) is 13.8 Å². The number of nitrogens with one attached hydrogen (secondary N) is 2. The van der Waals surface area contributed by atoms with Crippen molar-refractivity contribution in [1.29, 1.82) is 0 Å². The van der Waals surface area contributed by atoms with Crippen LogP contribution in [0.3, 0.4) is 0 Å². The van der Waals surface area contributed by atoms with Crippen molar-refractivity contribution in [2.45, 2.75) is 33.2 Å². The molecule has 1 atom stereocenters. The first-order chi connectivity index (χ1) is 9.49. The summed E-state index contributed by atoms with van der Waals surface area (Å²) >= 11 is 0. The second-order valence-corrected chi connectivity index (χ2v) is 5.16. The molecule has 2 aromatic heterocycles. The van der Waals surface area contributed by atoms with Crippen molar-refractivity contribution in [3.05, 3.63) is 23.5 Å². The van der Waals surface area contributed by atoms with Gasteiger partial charge in [-0.05, 0) is 19.3 Å². The molecule has 20 heavy (non-hydrogen) atoms. The number of carbonyl (C=O) groups is 1. The van der Waals surface area contributed by atoms with Gasteiger partial charge < -0.3 is 5.32 Å². The standard InChI is InChI=1S/C12H19N7O/c1-7(2)5-9(11-13-6-14-19(11)4)15-12(20)10-8(3)16-18-17-10/h6-7,9H,5H2,1-4H3,(H,15,20)(H,16,17,18)/t9-/m1/s1. The van der Waals surface area contributed by atoms with Crippen LogP contribution in [0.25, 0.3) is 0 Å². The van der Waals surface area contributed by atoms with Crippen LogP contribution in [0.5, 0.6) is 0 Å². The van der Waals surface area contributed by atoms with E-state index >= 15 is 0 Å². The lowest BCUT2D eigenvalue weighted by Gasteiger charge is -2.19. The van der Waals surface area contributed by atoms with Gasteiger partial charge in [0.2, 0.25) is 0 Å². The fraction of sp³-hybridized carbons (Fsp3) is 0.583. The van der Waals surface area contributed by atoms with E-state index in [0.29, 0.717) is 17.3 Å². The van der Waals surface area contributed by atoms with Crippen molar-refractivity contribution in [2.24, 2.45) is 13.0 Å².